The Morgan fingerprint density at radius 3 is 2.28 bits per heavy atom. The summed E-state index contributed by atoms with van der Waals surface area (Å²) in [5.41, 5.74) is -0.588. The highest BCUT2D eigenvalue weighted by Crippen LogP contribution is 2.29. The standard InChI is InChI=1S/C17H21F3N4O/c1-21-16(24-14-4-2-3-5-14)23-11-10-22-15(25)12-6-8-13(9-7-12)17(18,19)20/h2-3,6-9,14H,4-5,10-11H2,1H3,(H,22,25)(H2,21,23,24). The molecule has 0 fully saturated rings. The lowest BCUT2D eigenvalue weighted by Gasteiger charge is -2.17. The second-order valence-electron chi connectivity index (χ2n) is 5.61. The second kappa shape index (κ2) is 8.55. The van der Waals surface area contributed by atoms with Crippen LogP contribution in [0.2, 0.25) is 0 Å². The first-order chi connectivity index (χ1) is 11.9. The Hall–Kier alpha value is -2.51. The average Bonchev–Trinajstić information content (AvgIpc) is 3.09. The summed E-state index contributed by atoms with van der Waals surface area (Å²) < 4.78 is 37.5. The van der Waals surface area contributed by atoms with Gasteiger partial charge in [0.2, 0.25) is 0 Å². The van der Waals surface area contributed by atoms with Gasteiger partial charge in [-0.15, -0.1) is 0 Å². The third kappa shape index (κ3) is 5.81. The Balaban J connectivity index is 1.72. The van der Waals surface area contributed by atoms with E-state index in [2.05, 4.69) is 33.1 Å². The first-order valence-electron chi connectivity index (χ1n) is 7.98. The van der Waals surface area contributed by atoms with Gasteiger partial charge >= 0.3 is 6.18 Å². The molecule has 0 bridgehead atoms. The molecule has 1 aliphatic rings. The van der Waals surface area contributed by atoms with Gasteiger partial charge in [0.25, 0.3) is 5.91 Å². The molecule has 136 valence electrons. The van der Waals surface area contributed by atoms with Crippen molar-refractivity contribution >= 4 is 11.9 Å². The number of alkyl halides is 3. The molecule has 1 aromatic carbocycles. The molecule has 5 nitrogen and oxygen atoms in total. The summed E-state index contributed by atoms with van der Waals surface area (Å²) in [6.07, 6.45) is 1.71. The number of hydrogen-bond acceptors (Lipinski definition) is 2. The monoisotopic (exact) mass is 354 g/mol. The van der Waals surface area contributed by atoms with E-state index in [-0.39, 0.29) is 5.56 Å². The first kappa shape index (κ1) is 18.8. The maximum Gasteiger partial charge on any atom is 0.416 e. The van der Waals surface area contributed by atoms with E-state index in [1.54, 1.807) is 7.05 Å². The van der Waals surface area contributed by atoms with E-state index in [0.29, 0.717) is 25.1 Å². The lowest BCUT2D eigenvalue weighted by atomic mass is 10.1. The third-order valence-electron chi connectivity index (χ3n) is 3.75. The van der Waals surface area contributed by atoms with Crippen molar-refractivity contribution in [2.75, 3.05) is 20.1 Å². The topological polar surface area (TPSA) is 65.5 Å². The molecule has 25 heavy (non-hydrogen) atoms. The number of nitrogens with one attached hydrogen (secondary N) is 3. The SMILES string of the molecule is CN=C(NCCNC(=O)c1ccc(C(F)(F)F)cc1)NC1CC=CC1. The van der Waals surface area contributed by atoms with E-state index < -0.39 is 17.6 Å². The van der Waals surface area contributed by atoms with Crippen LogP contribution in [0.3, 0.4) is 0 Å². The van der Waals surface area contributed by atoms with Crippen molar-refractivity contribution < 1.29 is 18.0 Å². The van der Waals surface area contributed by atoms with Crippen molar-refractivity contribution in [1.29, 1.82) is 0 Å². The molecule has 0 saturated heterocycles. The van der Waals surface area contributed by atoms with Crippen molar-refractivity contribution in [3.63, 3.8) is 0 Å². The molecule has 1 aromatic rings. The number of hydrogen-bond donors (Lipinski definition) is 3. The minimum atomic E-state index is -4.41. The molecule has 0 radical (unpaired) electrons. The van der Waals surface area contributed by atoms with Gasteiger partial charge in [-0.05, 0) is 37.1 Å². The first-order valence-corrected chi connectivity index (χ1v) is 7.98. The molecule has 0 heterocycles. The molecule has 8 heteroatoms. The normalized spacial score (nSPS) is 15.3. The number of guanidine groups is 1. The number of amides is 1. The highest BCUT2D eigenvalue weighted by atomic mass is 19.4. The van der Waals surface area contributed by atoms with Crippen LogP contribution in [0.25, 0.3) is 0 Å². The summed E-state index contributed by atoms with van der Waals surface area (Å²) in [5.74, 6) is 0.232. The van der Waals surface area contributed by atoms with Crippen LogP contribution >= 0.6 is 0 Å². The number of carbonyl (C=O) groups is 1. The van der Waals surface area contributed by atoms with Gasteiger partial charge in [-0.25, -0.2) is 0 Å². The maximum absolute atomic E-state index is 12.5. The van der Waals surface area contributed by atoms with Crippen molar-refractivity contribution in [1.82, 2.24) is 16.0 Å². The van der Waals surface area contributed by atoms with Crippen LogP contribution in [-0.2, 0) is 6.18 Å². The fourth-order valence-electron chi connectivity index (χ4n) is 2.39. The smallest absolute Gasteiger partial charge is 0.355 e. The molecule has 0 saturated carbocycles. The lowest BCUT2D eigenvalue weighted by molar-refractivity contribution is -0.137. The van der Waals surface area contributed by atoms with Crippen LogP contribution in [0, 0.1) is 0 Å². The van der Waals surface area contributed by atoms with Gasteiger partial charge in [0.1, 0.15) is 0 Å². The lowest BCUT2D eigenvalue weighted by Crippen LogP contribution is -2.45. The van der Waals surface area contributed by atoms with E-state index in [1.165, 1.54) is 12.1 Å². The molecule has 2 rings (SSSR count). The third-order valence-corrected chi connectivity index (χ3v) is 3.75. The maximum atomic E-state index is 12.5. The van der Waals surface area contributed by atoms with Crippen LogP contribution in [0.15, 0.2) is 41.4 Å². The molecule has 0 unspecified atom stereocenters. The zero-order valence-electron chi connectivity index (χ0n) is 13.9. The van der Waals surface area contributed by atoms with Crippen molar-refractivity contribution in [3.05, 3.63) is 47.5 Å². The molecule has 0 aliphatic heterocycles. The molecule has 3 N–H and O–H groups in total. The molecule has 0 spiro atoms. The second-order valence-corrected chi connectivity index (χ2v) is 5.61. The van der Waals surface area contributed by atoms with Crippen LogP contribution in [0.1, 0.15) is 28.8 Å². The molecular weight excluding hydrogens is 333 g/mol. The van der Waals surface area contributed by atoms with Gasteiger partial charge < -0.3 is 16.0 Å². The molecular formula is C17H21F3N4O. The number of benzene rings is 1. The van der Waals surface area contributed by atoms with Gasteiger partial charge in [0, 0.05) is 31.7 Å². The highest BCUT2D eigenvalue weighted by molar-refractivity contribution is 5.94. The fourth-order valence-corrected chi connectivity index (χ4v) is 2.39. The zero-order valence-corrected chi connectivity index (χ0v) is 13.9. The van der Waals surface area contributed by atoms with Crippen molar-refractivity contribution in [2.45, 2.75) is 25.1 Å². The Labute approximate surface area is 144 Å². The summed E-state index contributed by atoms with van der Waals surface area (Å²) in [6, 6.07) is 4.45. The number of rotatable bonds is 5. The number of halogens is 3. The van der Waals surface area contributed by atoms with Crippen LogP contribution in [0.4, 0.5) is 13.2 Å². The van der Waals surface area contributed by atoms with Gasteiger partial charge in [-0.1, -0.05) is 12.2 Å². The van der Waals surface area contributed by atoms with E-state index in [9.17, 15) is 18.0 Å². The summed E-state index contributed by atoms with van der Waals surface area (Å²) in [5, 5.41) is 9.00. The quantitative estimate of drug-likeness (QED) is 0.329. The van der Waals surface area contributed by atoms with Crippen molar-refractivity contribution in [3.8, 4) is 0 Å². The van der Waals surface area contributed by atoms with Gasteiger partial charge in [0.05, 0.1) is 5.56 Å². The number of aliphatic imine (C=N–C) groups is 1. The van der Waals surface area contributed by atoms with E-state index in [1.807, 2.05) is 0 Å². The van der Waals surface area contributed by atoms with Gasteiger partial charge in [-0.3, -0.25) is 9.79 Å². The highest BCUT2D eigenvalue weighted by Gasteiger charge is 2.30. The average molecular weight is 354 g/mol. The summed E-state index contributed by atoms with van der Waals surface area (Å²) in [7, 11) is 1.67. The molecule has 0 atom stereocenters. The van der Waals surface area contributed by atoms with Crippen LogP contribution in [0.5, 0.6) is 0 Å². The Bertz CT molecular complexity index is 630. The minimum Gasteiger partial charge on any atom is -0.355 e. The predicted octanol–water partition coefficient (Wildman–Crippen LogP) is 2.32. The number of carbonyl (C=O) groups excluding carboxylic acids is 1. The van der Waals surface area contributed by atoms with E-state index in [0.717, 1.165) is 25.0 Å². The summed E-state index contributed by atoms with van der Waals surface area (Å²) >= 11 is 0. The number of nitrogens with zero attached hydrogens (tertiary/aromatic N) is 1. The van der Waals surface area contributed by atoms with Gasteiger partial charge in [-0.2, -0.15) is 13.2 Å². The van der Waals surface area contributed by atoms with Gasteiger partial charge in [0.15, 0.2) is 5.96 Å². The predicted molar refractivity (Wildman–Crippen MR) is 90.4 cm³/mol. The molecule has 1 aliphatic carbocycles. The minimum absolute atomic E-state index is 0.188. The van der Waals surface area contributed by atoms with Crippen LogP contribution in [-0.4, -0.2) is 38.0 Å². The molecule has 0 aromatic heterocycles. The Kier molecular flexibility index (Phi) is 6.44. The summed E-state index contributed by atoms with van der Waals surface area (Å²) in [6.45, 7) is 0.773. The van der Waals surface area contributed by atoms with E-state index in [4.69, 9.17) is 0 Å². The van der Waals surface area contributed by atoms with E-state index >= 15 is 0 Å². The van der Waals surface area contributed by atoms with Crippen molar-refractivity contribution in [2.24, 2.45) is 4.99 Å². The molecule has 1 amide bonds. The fraction of sp³-hybridized carbons (Fsp3) is 0.412. The Morgan fingerprint density at radius 2 is 1.72 bits per heavy atom. The summed E-state index contributed by atoms with van der Waals surface area (Å²) in [4.78, 5) is 16.0. The van der Waals surface area contributed by atoms with Crippen LogP contribution < -0.4 is 16.0 Å². The Morgan fingerprint density at radius 1 is 1.12 bits per heavy atom. The zero-order chi connectivity index (χ0) is 18.3. The largest absolute Gasteiger partial charge is 0.416 e.